The molecule has 0 saturated carbocycles. The Morgan fingerprint density at radius 2 is 0.865 bits per heavy atom. The van der Waals surface area contributed by atoms with Crippen molar-refractivity contribution in [2.75, 3.05) is 0 Å². The second-order valence-corrected chi connectivity index (χ2v) is 7.86. The lowest BCUT2D eigenvalue weighted by molar-refractivity contribution is -0.145. The Labute approximate surface area is 213 Å². The number of carbonyl (C=O) groups is 4. The van der Waals surface area contributed by atoms with Crippen LogP contribution in [0, 0.1) is 0 Å². The van der Waals surface area contributed by atoms with Crippen molar-refractivity contribution < 1.29 is 19.2 Å². The highest BCUT2D eigenvalue weighted by molar-refractivity contribution is 6.06. The molecule has 0 aromatic rings. The van der Waals surface area contributed by atoms with Crippen molar-refractivity contribution in [3.63, 3.8) is 0 Å². The van der Waals surface area contributed by atoms with Gasteiger partial charge >= 0.3 is 0 Å². The summed E-state index contributed by atoms with van der Waals surface area (Å²) in [6.07, 6.45) is 6.89. The molecule has 0 bridgehead atoms. The number of hydrogen-bond donors (Lipinski definition) is 6. The third-order valence-electron chi connectivity index (χ3n) is 5.19. The van der Waals surface area contributed by atoms with Crippen LogP contribution in [0.1, 0.15) is 47.0 Å². The van der Waals surface area contributed by atoms with E-state index in [1.807, 2.05) is 0 Å². The SMILES string of the molecule is C.CC=CC1(N2C(=O)CCC2=O)N=C(N)NC(N)=N1.CC=CC1(N2C(=O)CCC2=O)N=C(N)NC(N)=N1. The van der Waals surface area contributed by atoms with Crippen molar-refractivity contribution in [2.24, 2.45) is 42.9 Å². The Hall–Kier alpha value is -4.76. The van der Waals surface area contributed by atoms with E-state index in [0.29, 0.717) is 0 Å². The van der Waals surface area contributed by atoms with Crippen LogP contribution in [0.25, 0.3) is 0 Å². The lowest BCUT2D eigenvalue weighted by atomic mass is 10.2. The smallest absolute Gasteiger partial charge is 0.262 e. The first-order valence-corrected chi connectivity index (χ1v) is 10.9. The van der Waals surface area contributed by atoms with E-state index in [4.69, 9.17) is 22.9 Å². The molecular weight excluding hydrogens is 484 g/mol. The minimum atomic E-state index is -1.49. The average molecular weight is 517 g/mol. The molecule has 4 aliphatic heterocycles. The molecule has 200 valence electrons. The molecule has 0 unspecified atom stereocenters. The molecule has 4 rings (SSSR count). The third-order valence-corrected chi connectivity index (χ3v) is 5.19. The van der Waals surface area contributed by atoms with Gasteiger partial charge in [-0.15, -0.1) is 0 Å². The first-order valence-electron chi connectivity index (χ1n) is 10.9. The van der Waals surface area contributed by atoms with Crippen LogP contribution in [0.4, 0.5) is 0 Å². The number of rotatable bonds is 4. The van der Waals surface area contributed by atoms with Crippen LogP contribution in [0.2, 0.25) is 0 Å². The van der Waals surface area contributed by atoms with Gasteiger partial charge in [0.15, 0.2) is 23.8 Å². The summed E-state index contributed by atoms with van der Waals surface area (Å²) in [4.78, 5) is 65.4. The van der Waals surface area contributed by atoms with Gasteiger partial charge in [-0.05, 0) is 26.0 Å². The molecule has 0 aromatic heterocycles. The summed E-state index contributed by atoms with van der Waals surface area (Å²) in [6.45, 7) is 3.46. The molecule has 16 heteroatoms. The first kappa shape index (κ1) is 28.5. The molecule has 4 amide bonds. The number of allylic oxidation sites excluding steroid dienone is 2. The van der Waals surface area contributed by atoms with E-state index in [-0.39, 0.29) is 80.6 Å². The Balaban J connectivity index is 0.000000253. The summed E-state index contributed by atoms with van der Waals surface area (Å²) in [7, 11) is 0. The highest BCUT2D eigenvalue weighted by Gasteiger charge is 2.47. The zero-order valence-corrected chi connectivity index (χ0v) is 19.8. The van der Waals surface area contributed by atoms with E-state index in [2.05, 4.69) is 30.6 Å². The summed E-state index contributed by atoms with van der Waals surface area (Å²) < 4.78 is 0. The molecule has 4 heterocycles. The van der Waals surface area contributed by atoms with Gasteiger partial charge in [0.1, 0.15) is 0 Å². The van der Waals surface area contributed by atoms with Crippen molar-refractivity contribution in [3.8, 4) is 0 Å². The van der Waals surface area contributed by atoms with Gasteiger partial charge in [0, 0.05) is 25.7 Å². The summed E-state index contributed by atoms with van der Waals surface area (Å²) in [5, 5.41) is 5.04. The van der Waals surface area contributed by atoms with Crippen molar-refractivity contribution in [2.45, 2.75) is 58.5 Å². The summed E-state index contributed by atoms with van der Waals surface area (Å²) in [5.41, 5.74) is 22.3. The van der Waals surface area contributed by atoms with Gasteiger partial charge in [0.2, 0.25) is 23.6 Å². The van der Waals surface area contributed by atoms with Crippen molar-refractivity contribution in [1.29, 1.82) is 0 Å². The highest BCUT2D eigenvalue weighted by atomic mass is 16.2. The fraction of sp³-hybridized carbons (Fsp3) is 0.429. The molecule has 0 radical (unpaired) electrons. The van der Waals surface area contributed by atoms with E-state index in [1.165, 1.54) is 12.2 Å². The Morgan fingerprint density at radius 1 is 0.622 bits per heavy atom. The van der Waals surface area contributed by atoms with Crippen LogP contribution in [-0.4, -0.2) is 68.8 Å². The van der Waals surface area contributed by atoms with Gasteiger partial charge < -0.3 is 22.9 Å². The number of nitrogens with two attached hydrogens (primary N) is 4. The van der Waals surface area contributed by atoms with E-state index in [9.17, 15) is 19.2 Å². The second-order valence-electron chi connectivity index (χ2n) is 7.86. The van der Waals surface area contributed by atoms with Crippen LogP contribution < -0.4 is 33.6 Å². The molecule has 0 spiro atoms. The maximum atomic E-state index is 11.8. The number of hydrogen-bond acceptors (Lipinski definition) is 14. The molecule has 10 N–H and O–H groups in total. The number of aliphatic imine (C=N–C) groups is 4. The van der Waals surface area contributed by atoms with Crippen LogP contribution in [-0.2, 0) is 19.2 Å². The fourth-order valence-electron chi connectivity index (χ4n) is 3.97. The normalized spacial score (nSPS) is 22.4. The number of carbonyl (C=O) groups excluding carboxylic acids is 4. The van der Waals surface area contributed by atoms with Gasteiger partial charge in [0.05, 0.1) is 0 Å². The van der Waals surface area contributed by atoms with Crippen LogP contribution in [0.15, 0.2) is 44.3 Å². The zero-order valence-electron chi connectivity index (χ0n) is 19.8. The second kappa shape index (κ2) is 10.9. The van der Waals surface area contributed by atoms with Crippen molar-refractivity contribution in [1.82, 2.24) is 20.4 Å². The number of nitrogens with one attached hydrogen (secondary N) is 2. The zero-order chi connectivity index (χ0) is 26.7. The average Bonchev–Trinajstić information content (AvgIpc) is 3.28. The predicted octanol–water partition coefficient (Wildman–Crippen LogP) is -2.17. The molecule has 0 atom stereocenters. The monoisotopic (exact) mass is 516 g/mol. The summed E-state index contributed by atoms with van der Waals surface area (Å²) in [6, 6.07) is 0. The summed E-state index contributed by atoms with van der Waals surface area (Å²) in [5.74, 6) is -4.30. The van der Waals surface area contributed by atoms with Crippen molar-refractivity contribution in [3.05, 3.63) is 24.3 Å². The Morgan fingerprint density at radius 3 is 1.08 bits per heavy atom. The number of likely N-dealkylation sites (tertiary alicyclic amines) is 2. The predicted molar refractivity (Wildman–Crippen MR) is 137 cm³/mol. The minimum absolute atomic E-state index is 0. The summed E-state index contributed by atoms with van der Waals surface area (Å²) >= 11 is 0. The lowest BCUT2D eigenvalue weighted by Crippen LogP contribution is -2.56. The van der Waals surface area contributed by atoms with Gasteiger partial charge in [0.25, 0.3) is 11.6 Å². The standard InChI is InChI=1S/2C10H14N6O2.CH4/c2*1-2-5-10(14-8(11)13-9(12)15-10)16-6(17)3-4-7(16)18;/h2*2,5H,3-4H2,1H3,(H5,11,12,13,14,15);1H4. The Bertz CT molecular complexity index is 1010. The molecule has 0 aromatic carbocycles. The first-order chi connectivity index (χ1) is 17.0. The Kier molecular flexibility index (Phi) is 8.37. The molecule has 4 aliphatic rings. The van der Waals surface area contributed by atoms with E-state index >= 15 is 0 Å². The lowest BCUT2D eigenvalue weighted by Gasteiger charge is -2.33. The van der Waals surface area contributed by atoms with E-state index in [0.717, 1.165) is 9.80 Å². The number of amides is 4. The molecular formula is C21H32N12O4. The van der Waals surface area contributed by atoms with Gasteiger partial charge in [-0.2, -0.15) is 20.0 Å². The van der Waals surface area contributed by atoms with Crippen LogP contribution in [0.3, 0.4) is 0 Å². The topological polar surface area (TPSA) is 252 Å². The van der Waals surface area contributed by atoms with E-state index in [1.54, 1.807) is 26.0 Å². The van der Waals surface area contributed by atoms with Crippen LogP contribution >= 0.6 is 0 Å². The fourth-order valence-corrected chi connectivity index (χ4v) is 3.97. The third kappa shape index (κ3) is 5.57. The highest BCUT2D eigenvalue weighted by Crippen LogP contribution is 2.30. The number of nitrogens with zero attached hydrogens (tertiary/aromatic N) is 6. The molecule has 2 saturated heterocycles. The largest absolute Gasteiger partial charge is 0.369 e. The van der Waals surface area contributed by atoms with Gasteiger partial charge in [-0.3, -0.25) is 29.8 Å². The van der Waals surface area contributed by atoms with Gasteiger partial charge in [-0.1, -0.05) is 19.6 Å². The maximum absolute atomic E-state index is 11.8. The quantitative estimate of drug-likeness (QED) is 0.174. The number of guanidine groups is 4. The van der Waals surface area contributed by atoms with Crippen LogP contribution in [0.5, 0.6) is 0 Å². The molecule has 0 aliphatic carbocycles. The maximum Gasteiger partial charge on any atom is 0.262 e. The van der Waals surface area contributed by atoms with Gasteiger partial charge in [-0.25, -0.2) is 9.80 Å². The minimum Gasteiger partial charge on any atom is -0.369 e. The molecule has 16 nitrogen and oxygen atoms in total. The molecule has 37 heavy (non-hydrogen) atoms. The van der Waals surface area contributed by atoms with E-state index < -0.39 is 11.6 Å². The number of imide groups is 2. The molecule has 2 fully saturated rings. The van der Waals surface area contributed by atoms with Crippen molar-refractivity contribution >= 4 is 47.5 Å².